The Morgan fingerprint density at radius 2 is 1.97 bits per heavy atom. The lowest BCUT2D eigenvalue weighted by molar-refractivity contribution is -0.959. The smallest absolute Gasteiger partial charge is 0.508 e. The third-order valence-electron chi connectivity index (χ3n) is 8.23. The maximum Gasteiger partial charge on any atom is 0.512 e. The van der Waals surface area contributed by atoms with Crippen LogP contribution in [0.2, 0.25) is 0 Å². The number of piperidine rings is 1. The summed E-state index contributed by atoms with van der Waals surface area (Å²) in [5.74, 6) is -0.0805. The summed E-state index contributed by atoms with van der Waals surface area (Å²) in [5, 5.41) is 10.2. The number of aromatic hydroxyl groups is 1. The number of hydrogen-bond donors (Lipinski definition) is 1. The summed E-state index contributed by atoms with van der Waals surface area (Å²) >= 11 is 0. The third kappa shape index (κ3) is 4.77. The number of fused-ring (bicyclic) bond motifs is 1. The van der Waals surface area contributed by atoms with Gasteiger partial charge < -0.3 is 19.3 Å². The number of phenolic OH excluding ortho intramolecular Hbond substituents is 1. The first-order valence-corrected chi connectivity index (χ1v) is 12.6. The van der Waals surface area contributed by atoms with Crippen LogP contribution in [0.15, 0.2) is 18.2 Å². The van der Waals surface area contributed by atoms with E-state index in [4.69, 9.17) is 14.2 Å². The standard InChI is InChI=1S/C27H39NO6/c1-18(24(30)34-26(2,3)4)16-32-25(31)33-17-28(5)13-12-27-11-7-6-8-21(27)23(28)14-19-9-10-20(29)15-22(19)27/h9-10,15,18,21,23H,6-8,11-14,16-17H2,1-5H3/p+1/t18?,21-,23+,27+,28?/m1/s1. The van der Waals surface area contributed by atoms with Crippen LogP contribution in [0.5, 0.6) is 5.75 Å². The highest BCUT2D eigenvalue weighted by atomic mass is 16.7. The van der Waals surface area contributed by atoms with Gasteiger partial charge in [0, 0.05) is 24.2 Å². The number of likely N-dealkylation sites (tertiary alicyclic amines) is 1. The van der Waals surface area contributed by atoms with Gasteiger partial charge in [-0.1, -0.05) is 18.9 Å². The molecule has 0 radical (unpaired) electrons. The molecule has 7 nitrogen and oxygen atoms in total. The SMILES string of the molecule is CC(COC(=O)OC[N+]1(C)CC[C@@]23CCCC[C@@H]2[C@@H]1Cc1ccc(O)cc13)C(=O)OC(C)(C)C. The lowest BCUT2D eigenvalue weighted by atomic mass is 9.52. The maximum absolute atomic E-state index is 12.4. The molecule has 188 valence electrons. The molecule has 1 aromatic carbocycles. The lowest BCUT2D eigenvalue weighted by Gasteiger charge is -2.60. The highest BCUT2D eigenvalue weighted by Crippen LogP contribution is 2.57. The Labute approximate surface area is 203 Å². The van der Waals surface area contributed by atoms with Crippen molar-refractivity contribution in [2.24, 2.45) is 11.8 Å². The van der Waals surface area contributed by atoms with Crippen LogP contribution < -0.4 is 0 Å². The van der Waals surface area contributed by atoms with Crippen molar-refractivity contribution in [3.05, 3.63) is 29.3 Å². The van der Waals surface area contributed by atoms with E-state index in [1.54, 1.807) is 13.0 Å². The van der Waals surface area contributed by atoms with Gasteiger partial charge in [-0.15, -0.1) is 0 Å². The van der Waals surface area contributed by atoms with Crippen molar-refractivity contribution in [2.75, 3.05) is 26.9 Å². The molecule has 34 heavy (non-hydrogen) atoms. The molecule has 5 atom stereocenters. The predicted octanol–water partition coefficient (Wildman–Crippen LogP) is 4.68. The molecule has 1 aromatic rings. The number of carbonyl (C=O) groups is 2. The van der Waals surface area contributed by atoms with E-state index in [1.807, 2.05) is 26.8 Å². The van der Waals surface area contributed by atoms with E-state index in [0.29, 0.717) is 22.2 Å². The Kier molecular flexibility index (Phi) is 6.62. The molecule has 3 aliphatic rings. The van der Waals surface area contributed by atoms with Gasteiger partial charge in [-0.05, 0) is 63.8 Å². The summed E-state index contributed by atoms with van der Waals surface area (Å²) in [6, 6.07) is 6.23. The third-order valence-corrected chi connectivity index (χ3v) is 8.23. The van der Waals surface area contributed by atoms with Crippen LogP contribution in [0.25, 0.3) is 0 Å². The molecule has 1 heterocycles. The normalized spacial score (nSPS) is 31.0. The Balaban J connectivity index is 1.40. The first-order chi connectivity index (χ1) is 15.9. The molecule has 1 aliphatic heterocycles. The summed E-state index contributed by atoms with van der Waals surface area (Å²) in [6.07, 6.45) is 5.99. The van der Waals surface area contributed by atoms with Gasteiger partial charge in [0.1, 0.15) is 18.0 Å². The molecule has 2 aliphatic carbocycles. The van der Waals surface area contributed by atoms with Crippen LogP contribution >= 0.6 is 0 Å². The second kappa shape index (κ2) is 9.06. The minimum atomic E-state index is -0.739. The van der Waals surface area contributed by atoms with Crippen LogP contribution in [-0.2, 0) is 30.8 Å². The zero-order valence-electron chi connectivity index (χ0n) is 21.3. The predicted molar refractivity (Wildman–Crippen MR) is 127 cm³/mol. The number of phenols is 1. The second-order valence-corrected chi connectivity index (χ2v) is 11.8. The van der Waals surface area contributed by atoms with Gasteiger partial charge in [-0.2, -0.15) is 0 Å². The zero-order chi connectivity index (χ0) is 24.7. The lowest BCUT2D eigenvalue weighted by Crippen LogP contribution is -2.69. The number of carbonyl (C=O) groups excluding carboxylic acids is 2. The fraction of sp³-hybridized carbons (Fsp3) is 0.704. The van der Waals surface area contributed by atoms with Crippen molar-refractivity contribution in [3.8, 4) is 5.75 Å². The molecular formula is C27H40NO6+. The molecule has 1 saturated carbocycles. The minimum Gasteiger partial charge on any atom is -0.508 e. The average Bonchev–Trinajstić information content (AvgIpc) is 2.78. The van der Waals surface area contributed by atoms with E-state index in [0.717, 1.165) is 25.8 Å². The molecule has 1 N–H and O–H groups in total. The van der Waals surface area contributed by atoms with E-state index in [-0.39, 0.29) is 18.8 Å². The van der Waals surface area contributed by atoms with E-state index >= 15 is 0 Å². The van der Waals surface area contributed by atoms with Crippen molar-refractivity contribution in [1.82, 2.24) is 0 Å². The summed E-state index contributed by atoms with van der Waals surface area (Å²) in [6.45, 7) is 8.21. The zero-order valence-corrected chi connectivity index (χ0v) is 21.3. The second-order valence-electron chi connectivity index (χ2n) is 11.8. The Bertz CT molecular complexity index is 940. The molecule has 2 unspecified atom stereocenters. The van der Waals surface area contributed by atoms with Gasteiger partial charge in [-0.3, -0.25) is 9.28 Å². The van der Waals surface area contributed by atoms with Crippen LogP contribution in [0.1, 0.15) is 70.9 Å². The fourth-order valence-electron chi connectivity index (χ4n) is 6.52. The number of hydrogen-bond acceptors (Lipinski definition) is 6. The Morgan fingerprint density at radius 3 is 2.71 bits per heavy atom. The van der Waals surface area contributed by atoms with E-state index < -0.39 is 23.6 Å². The first-order valence-electron chi connectivity index (χ1n) is 12.6. The molecular weight excluding hydrogens is 434 g/mol. The Hall–Kier alpha value is -2.28. The quantitative estimate of drug-likeness (QED) is 0.493. The van der Waals surface area contributed by atoms with Gasteiger partial charge >= 0.3 is 12.1 Å². The van der Waals surface area contributed by atoms with E-state index in [9.17, 15) is 14.7 Å². The number of nitrogens with zero attached hydrogens (tertiary/aromatic N) is 1. The number of rotatable bonds is 5. The molecule has 2 bridgehead atoms. The largest absolute Gasteiger partial charge is 0.512 e. The van der Waals surface area contributed by atoms with Crippen LogP contribution in [-0.4, -0.2) is 60.3 Å². The van der Waals surface area contributed by atoms with Crippen LogP contribution in [0, 0.1) is 11.8 Å². The van der Waals surface area contributed by atoms with Gasteiger partial charge in [0.15, 0.2) is 0 Å². The summed E-state index contributed by atoms with van der Waals surface area (Å²) in [7, 11) is 2.19. The van der Waals surface area contributed by atoms with Crippen molar-refractivity contribution in [1.29, 1.82) is 0 Å². The summed E-state index contributed by atoms with van der Waals surface area (Å²) in [5.41, 5.74) is 2.20. The van der Waals surface area contributed by atoms with Gasteiger partial charge in [0.25, 0.3) is 0 Å². The molecule has 4 rings (SSSR count). The van der Waals surface area contributed by atoms with Crippen molar-refractivity contribution in [3.63, 3.8) is 0 Å². The molecule has 0 spiro atoms. The number of likely N-dealkylation sites (N-methyl/N-ethyl adjacent to an activating group) is 1. The van der Waals surface area contributed by atoms with E-state index in [1.165, 1.54) is 30.4 Å². The minimum absolute atomic E-state index is 0.0660. The number of esters is 1. The van der Waals surface area contributed by atoms with Crippen molar-refractivity contribution >= 4 is 12.1 Å². The molecule has 2 fully saturated rings. The topological polar surface area (TPSA) is 82.1 Å². The highest BCUT2D eigenvalue weighted by molar-refractivity contribution is 5.73. The molecule has 0 amide bonds. The average molecular weight is 475 g/mol. The molecule has 0 aromatic heterocycles. The van der Waals surface area contributed by atoms with Crippen molar-refractivity contribution < 1.29 is 33.4 Å². The Morgan fingerprint density at radius 1 is 1.21 bits per heavy atom. The van der Waals surface area contributed by atoms with Crippen LogP contribution in [0.4, 0.5) is 4.79 Å². The number of ether oxygens (including phenoxy) is 3. The van der Waals surface area contributed by atoms with Crippen LogP contribution in [0.3, 0.4) is 0 Å². The number of quaternary nitrogens is 1. The molecule has 1 saturated heterocycles. The van der Waals surface area contributed by atoms with Gasteiger partial charge in [0.05, 0.1) is 25.6 Å². The fourth-order valence-corrected chi connectivity index (χ4v) is 6.52. The maximum atomic E-state index is 12.4. The first kappa shape index (κ1) is 24.8. The van der Waals surface area contributed by atoms with Gasteiger partial charge in [0.2, 0.25) is 6.73 Å². The summed E-state index contributed by atoms with van der Waals surface area (Å²) < 4.78 is 16.9. The van der Waals surface area contributed by atoms with E-state index in [2.05, 4.69) is 13.1 Å². The number of benzene rings is 1. The summed E-state index contributed by atoms with van der Waals surface area (Å²) in [4.78, 5) is 24.5. The highest BCUT2D eigenvalue weighted by Gasteiger charge is 2.59. The van der Waals surface area contributed by atoms with Gasteiger partial charge in [-0.25, -0.2) is 4.79 Å². The monoisotopic (exact) mass is 474 g/mol. The molecule has 7 heteroatoms. The van der Waals surface area contributed by atoms with Crippen molar-refractivity contribution in [2.45, 2.75) is 83.3 Å².